The molecule has 0 bridgehead atoms. The number of hydrazone groups is 1. The fourth-order valence-corrected chi connectivity index (χ4v) is 3.60. The molecule has 2 aliphatic heterocycles. The van der Waals surface area contributed by atoms with Crippen LogP contribution in [-0.4, -0.2) is 47.1 Å². The number of hydrogen-bond acceptors (Lipinski definition) is 5. The highest BCUT2D eigenvalue weighted by Gasteiger charge is 2.54. The lowest BCUT2D eigenvalue weighted by Crippen LogP contribution is -2.73. The number of carbonyl (C=O) groups excluding carboxylic acids is 3. The number of β-lactam (4-membered cyclic amide) rings is 1. The molecule has 1 saturated heterocycles. The van der Waals surface area contributed by atoms with E-state index in [1.807, 2.05) is 43.3 Å². The van der Waals surface area contributed by atoms with E-state index in [1.54, 1.807) is 30.3 Å². The Bertz CT molecular complexity index is 1040. The molecule has 3 amide bonds. The lowest BCUT2D eigenvalue weighted by atomic mass is 9.88. The normalized spacial score (nSPS) is 22.0. The van der Waals surface area contributed by atoms with Crippen LogP contribution >= 0.6 is 0 Å². The smallest absolute Gasteiger partial charge is 0.274 e. The Balaban J connectivity index is 1.45. The summed E-state index contributed by atoms with van der Waals surface area (Å²) in [5.41, 5.74) is 4.51. The Hall–Kier alpha value is -3.78. The van der Waals surface area contributed by atoms with Crippen molar-refractivity contribution in [2.24, 2.45) is 5.10 Å². The van der Waals surface area contributed by atoms with Gasteiger partial charge < -0.3 is 5.32 Å². The summed E-state index contributed by atoms with van der Waals surface area (Å²) in [4.78, 5) is 43.2. The first-order valence-corrected chi connectivity index (χ1v) is 9.93. The van der Waals surface area contributed by atoms with Crippen LogP contribution in [0.1, 0.15) is 22.8 Å². The maximum absolute atomic E-state index is 12.6. The third kappa shape index (κ3) is 4.39. The summed E-state index contributed by atoms with van der Waals surface area (Å²) in [5, 5.41) is 8.20. The zero-order valence-electron chi connectivity index (χ0n) is 16.9. The number of benzene rings is 2. The molecular weight excluding hydrogens is 396 g/mol. The Morgan fingerprint density at radius 2 is 1.74 bits per heavy atom. The van der Waals surface area contributed by atoms with Gasteiger partial charge in [-0.25, -0.2) is 10.5 Å². The predicted octanol–water partition coefficient (Wildman–Crippen LogP) is 1.60. The number of amides is 3. The Morgan fingerprint density at radius 1 is 1.06 bits per heavy atom. The molecule has 0 radical (unpaired) electrons. The second-order valence-corrected chi connectivity index (χ2v) is 7.39. The van der Waals surface area contributed by atoms with Crippen LogP contribution in [0.3, 0.4) is 0 Å². The molecule has 8 nitrogen and oxygen atoms in total. The van der Waals surface area contributed by atoms with Crippen LogP contribution in [0.4, 0.5) is 0 Å². The largest absolute Gasteiger partial charge is 0.342 e. The monoisotopic (exact) mass is 418 g/mol. The van der Waals surface area contributed by atoms with E-state index in [0.29, 0.717) is 5.56 Å². The molecule has 0 aromatic heterocycles. The second kappa shape index (κ2) is 8.93. The summed E-state index contributed by atoms with van der Waals surface area (Å²) in [6.45, 7) is 1.82. The molecule has 1 fully saturated rings. The van der Waals surface area contributed by atoms with E-state index < -0.39 is 24.1 Å². The fourth-order valence-electron chi connectivity index (χ4n) is 3.60. The Kier molecular flexibility index (Phi) is 5.90. The van der Waals surface area contributed by atoms with Gasteiger partial charge in [-0.05, 0) is 36.3 Å². The number of nitrogens with one attached hydrogen (secondary N) is 2. The van der Waals surface area contributed by atoms with Gasteiger partial charge in [0.05, 0.1) is 6.42 Å². The molecule has 0 aliphatic carbocycles. The molecule has 31 heavy (non-hydrogen) atoms. The third-order valence-corrected chi connectivity index (χ3v) is 5.24. The number of hydroxylamine groups is 1. The number of rotatable bonds is 6. The number of allylic oxidation sites excluding steroid dienone is 1. The van der Waals surface area contributed by atoms with Crippen molar-refractivity contribution >= 4 is 23.9 Å². The van der Waals surface area contributed by atoms with E-state index in [-0.39, 0.29) is 18.2 Å². The van der Waals surface area contributed by atoms with E-state index in [0.717, 1.165) is 11.1 Å². The molecule has 3 atom stereocenters. The SMILES string of the molecule is CC1=CC=NN2C(=O)C(NC(=O)Cc3ccccc3)C2C1ONC(=O)c1ccccc1. The summed E-state index contributed by atoms with van der Waals surface area (Å²) in [6.07, 6.45) is 2.71. The lowest BCUT2D eigenvalue weighted by Gasteiger charge is -2.46. The second-order valence-electron chi connectivity index (χ2n) is 7.39. The van der Waals surface area contributed by atoms with Crippen molar-refractivity contribution in [1.29, 1.82) is 0 Å². The molecule has 158 valence electrons. The molecule has 2 N–H and O–H groups in total. The number of fused-ring (bicyclic) bond motifs is 1. The van der Waals surface area contributed by atoms with Crippen LogP contribution < -0.4 is 10.8 Å². The molecule has 2 aliphatic rings. The molecule has 4 rings (SSSR count). The minimum atomic E-state index is -0.798. The quantitative estimate of drug-likeness (QED) is 0.550. The Labute approximate surface area is 179 Å². The summed E-state index contributed by atoms with van der Waals surface area (Å²) in [5.74, 6) is -1.000. The van der Waals surface area contributed by atoms with Gasteiger partial charge in [-0.2, -0.15) is 5.10 Å². The van der Waals surface area contributed by atoms with Gasteiger partial charge in [0.25, 0.3) is 11.8 Å². The molecule has 2 aromatic carbocycles. The van der Waals surface area contributed by atoms with Crippen LogP contribution in [0.2, 0.25) is 0 Å². The zero-order chi connectivity index (χ0) is 21.8. The maximum Gasteiger partial charge on any atom is 0.274 e. The van der Waals surface area contributed by atoms with Gasteiger partial charge in [-0.3, -0.25) is 19.2 Å². The van der Waals surface area contributed by atoms with Crippen LogP contribution in [-0.2, 0) is 20.8 Å². The minimum Gasteiger partial charge on any atom is -0.342 e. The predicted molar refractivity (Wildman–Crippen MR) is 114 cm³/mol. The first-order chi connectivity index (χ1) is 15.0. The van der Waals surface area contributed by atoms with Crippen molar-refractivity contribution in [3.63, 3.8) is 0 Å². The average Bonchev–Trinajstić information content (AvgIpc) is 2.93. The summed E-state index contributed by atoms with van der Waals surface area (Å²) < 4.78 is 0. The van der Waals surface area contributed by atoms with Gasteiger partial charge in [-0.1, -0.05) is 48.5 Å². The van der Waals surface area contributed by atoms with Gasteiger partial charge in [0.1, 0.15) is 18.2 Å². The van der Waals surface area contributed by atoms with Crippen LogP contribution in [0.15, 0.2) is 77.4 Å². The highest BCUT2D eigenvalue weighted by Crippen LogP contribution is 2.30. The van der Waals surface area contributed by atoms with Crippen molar-refractivity contribution in [3.05, 3.63) is 83.4 Å². The van der Waals surface area contributed by atoms with Gasteiger partial charge in [0, 0.05) is 11.8 Å². The summed E-state index contributed by atoms with van der Waals surface area (Å²) >= 11 is 0. The van der Waals surface area contributed by atoms with Gasteiger partial charge in [0.15, 0.2) is 0 Å². The maximum atomic E-state index is 12.6. The van der Waals surface area contributed by atoms with Crippen LogP contribution in [0, 0.1) is 0 Å². The highest BCUT2D eigenvalue weighted by molar-refractivity contribution is 5.95. The van der Waals surface area contributed by atoms with E-state index in [2.05, 4.69) is 15.9 Å². The lowest BCUT2D eigenvalue weighted by molar-refractivity contribution is -0.163. The molecule has 3 unspecified atom stereocenters. The number of carbonyl (C=O) groups is 3. The highest BCUT2D eigenvalue weighted by atomic mass is 16.7. The van der Waals surface area contributed by atoms with Gasteiger partial charge >= 0.3 is 0 Å². The van der Waals surface area contributed by atoms with Crippen molar-refractivity contribution in [2.75, 3.05) is 0 Å². The van der Waals surface area contributed by atoms with Crippen LogP contribution in [0.25, 0.3) is 0 Å². The van der Waals surface area contributed by atoms with Crippen LogP contribution in [0.5, 0.6) is 0 Å². The number of hydrogen-bond donors (Lipinski definition) is 2. The summed E-state index contributed by atoms with van der Waals surface area (Å²) in [7, 11) is 0. The number of nitrogens with zero attached hydrogens (tertiary/aromatic N) is 2. The minimum absolute atomic E-state index is 0.158. The fraction of sp³-hybridized carbons (Fsp3) is 0.217. The average molecular weight is 418 g/mol. The van der Waals surface area contributed by atoms with Crippen molar-refractivity contribution < 1.29 is 19.2 Å². The third-order valence-electron chi connectivity index (χ3n) is 5.24. The molecule has 0 saturated carbocycles. The van der Waals surface area contributed by atoms with E-state index in [9.17, 15) is 14.4 Å². The van der Waals surface area contributed by atoms with Gasteiger partial charge in [0.2, 0.25) is 5.91 Å². The van der Waals surface area contributed by atoms with Crippen molar-refractivity contribution in [2.45, 2.75) is 31.5 Å². The zero-order valence-corrected chi connectivity index (χ0v) is 16.9. The van der Waals surface area contributed by atoms with Gasteiger partial charge in [-0.15, -0.1) is 0 Å². The topological polar surface area (TPSA) is 100 Å². The first kappa shape index (κ1) is 20.5. The van der Waals surface area contributed by atoms with E-state index in [1.165, 1.54) is 11.2 Å². The molecular formula is C23H22N4O4. The van der Waals surface area contributed by atoms with Crippen molar-refractivity contribution in [3.8, 4) is 0 Å². The molecule has 8 heteroatoms. The van der Waals surface area contributed by atoms with E-state index in [4.69, 9.17) is 4.84 Å². The van der Waals surface area contributed by atoms with Crippen molar-refractivity contribution in [1.82, 2.24) is 15.8 Å². The Morgan fingerprint density at radius 3 is 2.45 bits per heavy atom. The van der Waals surface area contributed by atoms with E-state index >= 15 is 0 Å². The first-order valence-electron chi connectivity index (χ1n) is 9.93. The molecule has 0 spiro atoms. The molecule has 2 heterocycles. The molecule has 2 aromatic rings. The summed E-state index contributed by atoms with van der Waals surface area (Å²) in [6, 6.07) is 16.6. The standard InChI is InChI=1S/C23H22N4O4/c1-15-12-13-24-27-20(21(15)31-26-22(29)17-10-6-3-7-11-17)19(23(27)30)25-18(28)14-16-8-4-2-5-9-16/h2-13,19-21H,14H2,1H3,(H,25,28)(H,26,29).